The number of nitrogens with one attached hydrogen (secondary N) is 1. The van der Waals surface area contributed by atoms with Crippen molar-refractivity contribution in [1.29, 1.82) is 0 Å². The first kappa shape index (κ1) is 12.9. The fourth-order valence-electron chi connectivity index (χ4n) is 2.51. The molecule has 0 atom stereocenters. The Morgan fingerprint density at radius 1 is 1.33 bits per heavy atom. The van der Waals surface area contributed by atoms with Crippen molar-refractivity contribution < 1.29 is 9.90 Å². The van der Waals surface area contributed by atoms with Gasteiger partial charge in [-0.1, -0.05) is 12.1 Å². The number of amides is 1. The lowest BCUT2D eigenvalue weighted by molar-refractivity contribution is -0.122. The minimum Gasteiger partial charge on any atom is -0.508 e. The zero-order valence-electron chi connectivity index (χ0n) is 10.4. The molecule has 1 saturated carbocycles. The summed E-state index contributed by atoms with van der Waals surface area (Å²) in [5.74, 6) is 0.192. The van der Waals surface area contributed by atoms with Crippen molar-refractivity contribution in [3.8, 4) is 5.75 Å². The molecule has 1 aliphatic rings. The number of phenols is 1. The molecule has 0 unspecified atom stereocenters. The highest BCUT2D eigenvalue weighted by Gasteiger charge is 2.24. The molecular formula is C14H20N2O2. The number of carbonyl (C=O) groups excluding carboxylic acids is 1. The van der Waals surface area contributed by atoms with Crippen LogP contribution in [0.25, 0.3) is 0 Å². The monoisotopic (exact) mass is 248 g/mol. The van der Waals surface area contributed by atoms with Crippen molar-refractivity contribution in [1.82, 2.24) is 5.32 Å². The molecule has 0 radical (unpaired) electrons. The molecule has 4 N–H and O–H groups in total. The van der Waals surface area contributed by atoms with E-state index in [9.17, 15) is 9.90 Å². The second-order valence-electron chi connectivity index (χ2n) is 5.00. The highest BCUT2D eigenvalue weighted by Crippen LogP contribution is 2.24. The summed E-state index contributed by atoms with van der Waals surface area (Å²) in [4.78, 5) is 11.1. The minimum absolute atomic E-state index is 0.0591. The van der Waals surface area contributed by atoms with Crippen LogP contribution in [0, 0.1) is 5.92 Å². The quantitative estimate of drug-likeness (QED) is 0.756. The molecule has 1 fully saturated rings. The minimum atomic E-state index is -0.165. The van der Waals surface area contributed by atoms with E-state index in [-0.39, 0.29) is 11.8 Å². The molecule has 0 aromatic heterocycles. The molecule has 0 bridgehead atoms. The first-order chi connectivity index (χ1) is 8.65. The van der Waals surface area contributed by atoms with Crippen LogP contribution in [0.1, 0.15) is 31.2 Å². The smallest absolute Gasteiger partial charge is 0.220 e. The van der Waals surface area contributed by atoms with E-state index in [0.29, 0.717) is 11.8 Å². The Hall–Kier alpha value is -1.55. The van der Waals surface area contributed by atoms with Gasteiger partial charge in [-0.05, 0) is 43.4 Å². The predicted molar refractivity (Wildman–Crippen MR) is 69.9 cm³/mol. The van der Waals surface area contributed by atoms with Gasteiger partial charge in [0.05, 0.1) is 0 Å². The van der Waals surface area contributed by atoms with Gasteiger partial charge in [-0.2, -0.15) is 0 Å². The van der Waals surface area contributed by atoms with Crippen molar-refractivity contribution in [3.05, 3.63) is 29.8 Å². The lowest BCUT2D eigenvalue weighted by Gasteiger charge is -2.27. The van der Waals surface area contributed by atoms with E-state index in [1.807, 2.05) is 12.1 Å². The first-order valence-electron chi connectivity index (χ1n) is 6.46. The lowest BCUT2D eigenvalue weighted by atomic mass is 9.85. The number of nitrogens with two attached hydrogens (primary N) is 1. The Morgan fingerprint density at radius 3 is 2.67 bits per heavy atom. The van der Waals surface area contributed by atoms with Crippen LogP contribution in [-0.4, -0.2) is 17.1 Å². The van der Waals surface area contributed by atoms with Crippen molar-refractivity contribution in [2.75, 3.05) is 0 Å². The lowest BCUT2D eigenvalue weighted by Crippen LogP contribution is -2.36. The number of hydrogen-bond donors (Lipinski definition) is 3. The molecule has 98 valence electrons. The number of carbonyl (C=O) groups is 1. The highest BCUT2D eigenvalue weighted by molar-refractivity contribution is 5.76. The molecule has 4 heteroatoms. The van der Waals surface area contributed by atoms with Gasteiger partial charge in [-0.3, -0.25) is 4.79 Å². The average Bonchev–Trinajstić information content (AvgIpc) is 2.37. The Bertz CT molecular complexity index is 412. The first-order valence-corrected chi connectivity index (χ1v) is 6.46. The number of primary amides is 1. The Balaban J connectivity index is 1.77. The van der Waals surface area contributed by atoms with Crippen LogP contribution in [0.2, 0.25) is 0 Å². The summed E-state index contributed by atoms with van der Waals surface area (Å²) < 4.78 is 0. The van der Waals surface area contributed by atoms with E-state index < -0.39 is 0 Å². The Kier molecular flexibility index (Phi) is 4.20. The SMILES string of the molecule is NC(=O)C1CCC(NCc2cccc(O)c2)CC1. The third kappa shape index (κ3) is 3.47. The molecule has 0 heterocycles. The third-order valence-corrected chi connectivity index (χ3v) is 3.63. The van der Waals surface area contributed by atoms with Crippen LogP contribution in [-0.2, 0) is 11.3 Å². The summed E-state index contributed by atoms with van der Waals surface area (Å²) in [6.45, 7) is 0.750. The van der Waals surface area contributed by atoms with Crippen LogP contribution >= 0.6 is 0 Å². The fraction of sp³-hybridized carbons (Fsp3) is 0.500. The summed E-state index contributed by atoms with van der Waals surface area (Å²) in [7, 11) is 0. The zero-order valence-corrected chi connectivity index (χ0v) is 10.4. The van der Waals surface area contributed by atoms with E-state index >= 15 is 0 Å². The largest absolute Gasteiger partial charge is 0.508 e. The Labute approximate surface area is 107 Å². The van der Waals surface area contributed by atoms with Gasteiger partial charge in [0.15, 0.2) is 0 Å². The van der Waals surface area contributed by atoms with E-state index in [2.05, 4.69) is 5.32 Å². The van der Waals surface area contributed by atoms with Crippen LogP contribution in [0.4, 0.5) is 0 Å². The molecule has 4 nitrogen and oxygen atoms in total. The van der Waals surface area contributed by atoms with Crippen molar-refractivity contribution in [2.45, 2.75) is 38.3 Å². The molecule has 0 saturated heterocycles. The standard InChI is InChI=1S/C14H20N2O2/c15-14(18)11-4-6-12(7-5-11)16-9-10-2-1-3-13(17)8-10/h1-3,8,11-12,16-17H,4-7,9H2,(H2,15,18). The topological polar surface area (TPSA) is 75.4 Å². The summed E-state index contributed by atoms with van der Waals surface area (Å²) >= 11 is 0. The maximum atomic E-state index is 11.1. The van der Waals surface area contributed by atoms with Crippen LogP contribution < -0.4 is 11.1 Å². The average molecular weight is 248 g/mol. The molecule has 1 aliphatic carbocycles. The normalized spacial score (nSPS) is 23.8. The molecule has 1 aromatic rings. The zero-order chi connectivity index (χ0) is 13.0. The van der Waals surface area contributed by atoms with E-state index in [1.54, 1.807) is 12.1 Å². The molecule has 2 rings (SSSR count). The highest BCUT2D eigenvalue weighted by atomic mass is 16.3. The third-order valence-electron chi connectivity index (χ3n) is 3.63. The summed E-state index contributed by atoms with van der Waals surface area (Å²) in [5, 5.41) is 12.8. The van der Waals surface area contributed by atoms with E-state index in [1.165, 1.54) is 0 Å². The van der Waals surface area contributed by atoms with Gasteiger partial charge in [0.25, 0.3) is 0 Å². The van der Waals surface area contributed by atoms with Gasteiger partial charge >= 0.3 is 0 Å². The van der Waals surface area contributed by atoms with Gasteiger partial charge < -0.3 is 16.2 Å². The number of benzene rings is 1. The van der Waals surface area contributed by atoms with Crippen molar-refractivity contribution in [3.63, 3.8) is 0 Å². The molecule has 18 heavy (non-hydrogen) atoms. The van der Waals surface area contributed by atoms with Gasteiger partial charge in [0.2, 0.25) is 5.91 Å². The van der Waals surface area contributed by atoms with Gasteiger partial charge in [0, 0.05) is 18.5 Å². The van der Waals surface area contributed by atoms with Crippen LogP contribution in [0.5, 0.6) is 5.75 Å². The fourth-order valence-corrected chi connectivity index (χ4v) is 2.51. The van der Waals surface area contributed by atoms with Gasteiger partial charge in [0.1, 0.15) is 5.75 Å². The second kappa shape index (κ2) is 5.87. The van der Waals surface area contributed by atoms with Gasteiger partial charge in [-0.25, -0.2) is 0 Å². The second-order valence-corrected chi connectivity index (χ2v) is 5.00. The molecule has 1 amide bonds. The summed E-state index contributed by atoms with van der Waals surface area (Å²) in [6, 6.07) is 7.71. The molecular weight excluding hydrogens is 228 g/mol. The predicted octanol–water partition coefficient (Wildman–Crippen LogP) is 1.53. The summed E-state index contributed by atoms with van der Waals surface area (Å²) in [5.41, 5.74) is 6.38. The molecule has 0 spiro atoms. The van der Waals surface area contributed by atoms with Crippen LogP contribution in [0.15, 0.2) is 24.3 Å². The van der Waals surface area contributed by atoms with E-state index in [0.717, 1.165) is 37.8 Å². The van der Waals surface area contributed by atoms with E-state index in [4.69, 9.17) is 5.73 Å². The number of rotatable bonds is 4. The van der Waals surface area contributed by atoms with Crippen molar-refractivity contribution >= 4 is 5.91 Å². The van der Waals surface area contributed by atoms with Gasteiger partial charge in [-0.15, -0.1) is 0 Å². The molecule has 1 aromatic carbocycles. The Morgan fingerprint density at radius 2 is 2.06 bits per heavy atom. The maximum Gasteiger partial charge on any atom is 0.220 e. The number of hydrogen-bond acceptors (Lipinski definition) is 3. The number of aromatic hydroxyl groups is 1. The number of phenolic OH excluding ortho intramolecular Hbond substituents is 1. The maximum absolute atomic E-state index is 11.1. The summed E-state index contributed by atoms with van der Waals surface area (Å²) in [6.07, 6.45) is 3.75. The van der Waals surface area contributed by atoms with Crippen LogP contribution in [0.3, 0.4) is 0 Å². The molecule has 0 aliphatic heterocycles. The van der Waals surface area contributed by atoms with Crippen molar-refractivity contribution in [2.24, 2.45) is 11.7 Å².